The number of hydrogen-bond acceptors (Lipinski definition) is 10. The van der Waals surface area contributed by atoms with Crippen molar-refractivity contribution in [2.45, 2.75) is 13.8 Å². The van der Waals surface area contributed by atoms with Crippen LogP contribution in [-0.4, -0.2) is 42.7 Å². The molecule has 0 spiro atoms. The van der Waals surface area contributed by atoms with Crippen molar-refractivity contribution in [1.29, 1.82) is 0 Å². The number of hydrogen-bond donors (Lipinski definition) is 0. The summed E-state index contributed by atoms with van der Waals surface area (Å²) in [6.45, 7) is 3.79. The minimum Gasteiger partial charge on any atom is -0.255 e. The monoisotopic (exact) mass is 448 g/mol. The van der Waals surface area contributed by atoms with Crippen molar-refractivity contribution in [1.82, 2.24) is 9.97 Å². The lowest BCUT2D eigenvalue weighted by atomic mass is 10.3. The number of nitrogens with zero attached hydrogens (tertiary/aromatic N) is 6. The molecule has 2 aromatic rings. The van der Waals surface area contributed by atoms with E-state index in [-0.39, 0.29) is 0 Å². The second-order valence-electron chi connectivity index (χ2n) is 5.11. The van der Waals surface area contributed by atoms with Crippen molar-refractivity contribution >= 4 is 65.3 Å². The Morgan fingerprint density at radius 2 is 1.11 bits per heavy atom. The smallest absolute Gasteiger partial charge is 0.163 e. The van der Waals surface area contributed by atoms with Gasteiger partial charge in [0, 0.05) is 12.4 Å². The van der Waals surface area contributed by atoms with Crippen molar-refractivity contribution in [3.05, 3.63) is 60.2 Å². The summed E-state index contributed by atoms with van der Waals surface area (Å²) in [6.07, 6.45) is 7.42. The predicted octanol–water partition coefficient (Wildman–Crippen LogP) is 5.44. The zero-order valence-corrected chi connectivity index (χ0v) is 19.2. The molecular formula is C18H20N6S4. The van der Waals surface area contributed by atoms with E-state index in [1.165, 1.54) is 45.1 Å². The van der Waals surface area contributed by atoms with Gasteiger partial charge in [-0.15, -0.1) is 33.7 Å². The maximum atomic E-state index is 4.33. The van der Waals surface area contributed by atoms with Crippen molar-refractivity contribution in [2.75, 3.05) is 12.5 Å². The number of pyridine rings is 2. The van der Waals surface area contributed by atoms with Gasteiger partial charge in [-0.3, -0.25) is 9.97 Å². The molecule has 0 atom stereocenters. The van der Waals surface area contributed by atoms with Crippen LogP contribution in [0.5, 0.6) is 0 Å². The fraction of sp³-hybridized carbons (Fsp3) is 0.222. The summed E-state index contributed by atoms with van der Waals surface area (Å²) in [5, 5.41) is 17.2. The fourth-order valence-corrected chi connectivity index (χ4v) is 5.29. The summed E-state index contributed by atoms with van der Waals surface area (Å²) in [5.41, 5.74) is 3.17. The quantitative estimate of drug-likeness (QED) is 0.268. The fourth-order valence-electron chi connectivity index (χ4n) is 1.74. The van der Waals surface area contributed by atoms with Crippen LogP contribution in [0.4, 0.5) is 0 Å². The third-order valence-corrected chi connectivity index (χ3v) is 7.89. The Hall–Kier alpha value is -1.62. The molecule has 2 rings (SSSR count). The second kappa shape index (κ2) is 12.8. The van der Waals surface area contributed by atoms with Gasteiger partial charge in [0.2, 0.25) is 0 Å². The first-order chi connectivity index (χ1) is 13.6. The highest BCUT2D eigenvalue weighted by Gasteiger charge is 2.06. The Labute approximate surface area is 181 Å². The first-order valence-corrected chi connectivity index (χ1v) is 12.7. The molecule has 0 unspecified atom stereocenters. The van der Waals surface area contributed by atoms with Crippen molar-refractivity contribution < 1.29 is 0 Å². The standard InChI is InChI=1S/C18H20N6S4/c1-13(15-9-5-7-11-19-15)21-23-17(25-3)27-28-18(26-4)24-22-14(2)16-10-6-8-12-20-16/h5-12H,1-4H3/b21-13-,22-14-,23-17+,24-18+. The SMILES string of the molecule is CS/C(=N\N=C(\C)c1ccccn1)SS/C(=N/N=C(/C)c1ccccn1)SC. The van der Waals surface area contributed by atoms with E-state index >= 15 is 0 Å². The van der Waals surface area contributed by atoms with E-state index in [0.717, 1.165) is 31.6 Å². The van der Waals surface area contributed by atoms with Crippen LogP contribution in [0.2, 0.25) is 0 Å². The van der Waals surface area contributed by atoms with E-state index in [1.807, 2.05) is 62.8 Å². The number of thioether (sulfide) groups is 2. The summed E-state index contributed by atoms with van der Waals surface area (Å²) >= 11 is 3.07. The molecule has 0 fully saturated rings. The lowest BCUT2D eigenvalue weighted by molar-refractivity contribution is 1.21. The molecular weight excluding hydrogens is 429 g/mol. The van der Waals surface area contributed by atoms with Crippen LogP contribution in [0.3, 0.4) is 0 Å². The van der Waals surface area contributed by atoms with Gasteiger partial charge in [-0.2, -0.15) is 10.2 Å². The van der Waals surface area contributed by atoms with Gasteiger partial charge in [-0.1, -0.05) is 12.1 Å². The molecule has 2 aromatic heterocycles. The maximum absolute atomic E-state index is 4.33. The molecule has 0 radical (unpaired) electrons. The van der Waals surface area contributed by atoms with Gasteiger partial charge < -0.3 is 0 Å². The third-order valence-electron chi connectivity index (χ3n) is 3.17. The molecule has 0 aliphatic rings. The van der Waals surface area contributed by atoms with Gasteiger partial charge >= 0.3 is 0 Å². The van der Waals surface area contributed by atoms with Crippen LogP contribution in [0.25, 0.3) is 0 Å². The summed E-state index contributed by atoms with van der Waals surface area (Å²) in [4.78, 5) is 8.55. The Balaban J connectivity index is 2.02. The summed E-state index contributed by atoms with van der Waals surface area (Å²) < 4.78 is 1.65. The van der Waals surface area contributed by atoms with E-state index in [2.05, 4.69) is 30.4 Å². The van der Waals surface area contributed by atoms with Crippen LogP contribution in [-0.2, 0) is 0 Å². The van der Waals surface area contributed by atoms with E-state index in [4.69, 9.17) is 0 Å². The van der Waals surface area contributed by atoms with Crippen molar-refractivity contribution in [3.8, 4) is 0 Å². The van der Waals surface area contributed by atoms with E-state index < -0.39 is 0 Å². The highest BCUT2D eigenvalue weighted by molar-refractivity contribution is 8.93. The summed E-state index contributed by atoms with van der Waals surface area (Å²) in [6, 6.07) is 11.4. The molecule has 0 saturated carbocycles. The van der Waals surface area contributed by atoms with Gasteiger partial charge in [0.15, 0.2) is 8.75 Å². The molecule has 28 heavy (non-hydrogen) atoms. The van der Waals surface area contributed by atoms with E-state index in [0.29, 0.717) is 0 Å². The lowest BCUT2D eigenvalue weighted by Gasteiger charge is -2.02. The zero-order valence-electron chi connectivity index (χ0n) is 15.9. The topological polar surface area (TPSA) is 75.2 Å². The predicted molar refractivity (Wildman–Crippen MR) is 130 cm³/mol. The molecule has 0 bridgehead atoms. The summed E-state index contributed by atoms with van der Waals surface area (Å²) in [5.74, 6) is 0. The van der Waals surface area contributed by atoms with E-state index in [9.17, 15) is 0 Å². The first kappa shape index (κ1) is 22.7. The Morgan fingerprint density at radius 1 is 0.679 bits per heavy atom. The van der Waals surface area contributed by atoms with Crippen molar-refractivity contribution in [3.63, 3.8) is 0 Å². The zero-order chi connectivity index (χ0) is 20.2. The van der Waals surface area contributed by atoms with E-state index in [1.54, 1.807) is 12.4 Å². The van der Waals surface area contributed by atoms with Crippen LogP contribution in [0.15, 0.2) is 69.2 Å². The average molecular weight is 449 g/mol. The normalized spacial score (nSPS) is 13.7. The largest absolute Gasteiger partial charge is 0.255 e. The molecule has 0 aliphatic heterocycles. The molecule has 2 heterocycles. The van der Waals surface area contributed by atoms with Crippen LogP contribution >= 0.6 is 45.1 Å². The Kier molecular flexibility index (Phi) is 10.3. The van der Waals surface area contributed by atoms with Crippen LogP contribution < -0.4 is 0 Å². The molecule has 0 amide bonds. The molecule has 0 aromatic carbocycles. The second-order valence-corrected chi connectivity index (χ2v) is 9.32. The number of aromatic nitrogens is 2. The van der Waals surface area contributed by atoms with Crippen LogP contribution in [0, 0.1) is 0 Å². The van der Waals surface area contributed by atoms with Gasteiger partial charge in [0.05, 0.1) is 22.8 Å². The van der Waals surface area contributed by atoms with Gasteiger partial charge in [-0.05, 0) is 72.2 Å². The molecule has 0 N–H and O–H groups in total. The molecule has 0 saturated heterocycles. The molecule has 146 valence electrons. The first-order valence-electron chi connectivity index (χ1n) is 8.14. The summed E-state index contributed by atoms with van der Waals surface area (Å²) in [7, 11) is 3.01. The molecule has 0 aliphatic carbocycles. The average Bonchev–Trinajstić information content (AvgIpc) is 2.76. The maximum Gasteiger partial charge on any atom is 0.163 e. The highest BCUT2D eigenvalue weighted by Crippen LogP contribution is 2.33. The molecule has 6 nitrogen and oxygen atoms in total. The Morgan fingerprint density at radius 3 is 1.43 bits per heavy atom. The third kappa shape index (κ3) is 7.78. The van der Waals surface area contributed by atoms with Gasteiger partial charge in [0.25, 0.3) is 0 Å². The minimum absolute atomic E-state index is 0.770. The van der Waals surface area contributed by atoms with Crippen molar-refractivity contribution in [2.24, 2.45) is 20.4 Å². The van der Waals surface area contributed by atoms with Gasteiger partial charge in [-0.25, -0.2) is 0 Å². The van der Waals surface area contributed by atoms with Crippen LogP contribution in [0.1, 0.15) is 25.2 Å². The minimum atomic E-state index is 0.770. The molecule has 10 heteroatoms. The highest BCUT2D eigenvalue weighted by atomic mass is 33.1. The Bertz CT molecular complexity index is 793. The lowest BCUT2D eigenvalue weighted by Crippen LogP contribution is -1.97. The van der Waals surface area contributed by atoms with Gasteiger partial charge in [0.1, 0.15) is 0 Å². The number of rotatable bonds is 4.